The van der Waals surface area contributed by atoms with Crippen LogP contribution in [0.25, 0.3) is 0 Å². The van der Waals surface area contributed by atoms with Gasteiger partial charge in [0.1, 0.15) is 17.4 Å². The van der Waals surface area contributed by atoms with Crippen LogP contribution in [-0.2, 0) is 21.4 Å². The van der Waals surface area contributed by atoms with Gasteiger partial charge in [-0.3, -0.25) is 29.4 Å². The zero-order chi connectivity index (χ0) is 25.3. The predicted molar refractivity (Wildman–Crippen MR) is 121 cm³/mol. The number of amides is 3. The summed E-state index contributed by atoms with van der Waals surface area (Å²) in [6.07, 6.45) is 1.41. The highest BCUT2D eigenvalue weighted by Gasteiger charge is 2.44. The van der Waals surface area contributed by atoms with Gasteiger partial charge in [0.25, 0.3) is 17.5 Å². The number of nitrogens with zero attached hydrogens (tertiary/aromatic N) is 2. The van der Waals surface area contributed by atoms with Gasteiger partial charge in [-0.05, 0) is 43.3 Å². The summed E-state index contributed by atoms with van der Waals surface area (Å²) in [6.45, 7) is 1.21. The molecule has 1 unspecified atom stereocenters. The summed E-state index contributed by atoms with van der Waals surface area (Å²) in [6, 6.07) is 10.9. The number of nitro groups is 1. The van der Waals surface area contributed by atoms with E-state index < -0.39 is 44.4 Å². The van der Waals surface area contributed by atoms with Crippen molar-refractivity contribution in [3.63, 3.8) is 0 Å². The van der Waals surface area contributed by atoms with E-state index in [0.717, 1.165) is 6.07 Å². The second-order valence-electron chi connectivity index (χ2n) is 7.53. The molecule has 1 aliphatic heterocycles. The first-order valence-corrected chi connectivity index (χ1v) is 11.7. The quantitative estimate of drug-likeness (QED) is 0.271. The highest BCUT2D eigenvalue weighted by atomic mass is 32.2. The number of carbonyl (C=O) groups excluding carboxylic acids is 3. The third-order valence-electron chi connectivity index (χ3n) is 5.32. The molecule has 12 nitrogen and oxygen atoms in total. The number of furan rings is 1. The van der Waals surface area contributed by atoms with Gasteiger partial charge in [0.15, 0.2) is 0 Å². The van der Waals surface area contributed by atoms with E-state index in [-0.39, 0.29) is 28.3 Å². The molecular formula is C22H18N4O8S. The molecule has 180 valence electrons. The highest BCUT2D eigenvalue weighted by molar-refractivity contribution is 7.89. The van der Waals surface area contributed by atoms with Gasteiger partial charge < -0.3 is 9.73 Å². The van der Waals surface area contributed by atoms with Gasteiger partial charge in [0, 0.05) is 11.8 Å². The molecule has 2 aromatic carbocycles. The number of nitrogens with one attached hydrogen (secondary N) is 2. The Balaban J connectivity index is 1.50. The number of imide groups is 1. The molecule has 0 saturated carbocycles. The standard InChI is InChI=1S/C22H18N4O8S/c1-13(25-21(28)17-8-3-9-18(26(30)31)19(17)22(25)29)20(27)24-14-5-2-7-16(11-14)35(32,33)23-12-15-6-4-10-34-15/h2-11,13,23H,12H2,1H3,(H,24,27). The minimum atomic E-state index is -3.94. The number of hydrogen-bond acceptors (Lipinski definition) is 8. The van der Waals surface area contributed by atoms with Crippen LogP contribution < -0.4 is 10.0 Å². The Morgan fingerprint density at radius 3 is 2.54 bits per heavy atom. The Labute approximate surface area is 198 Å². The smallest absolute Gasteiger partial charge is 0.282 e. The fraction of sp³-hybridized carbons (Fsp3) is 0.136. The summed E-state index contributed by atoms with van der Waals surface area (Å²) in [7, 11) is -3.94. The fourth-order valence-corrected chi connectivity index (χ4v) is 4.60. The van der Waals surface area contributed by atoms with Gasteiger partial charge in [-0.25, -0.2) is 13.1 Å². The molecule has 1 aromatic heterocycles. The average molecular weight is 498 g/mol. The summed E-state index contributed by atoms with van der Waals surface area (Å²) in [5.74, 6) is -2.18. The zero-order valence-corrected chi connectivity index (χ0v) is 18.9. The summed E-state index contributed by atoms with van der Waals surface area (Å²) in [5.41, 5.74) is -0.973. The van der Waals surface area contributed by atoms with Crippen LogP contribution in [0.2, 0.25) is 0 Å². The van der Waals surface area contributed by atoms with E-state index in [0.29, 0.717) is 10.7 Å². The molecule has 0 saturated heterocycles. The minimum absolute atomic E-state index is 0.0746. The van der Waals surface area contributed by atoms with Crippen LogP contribution in [-0.4, -0.2) is 42.0 Å². The maximum Gasteiger partial charge on any atom is 0.282 e. The lowest BCUT2D eigenvalue weighted by Crippen LogP contribution is -2.45. The predicted octanol–water partition coefficient (Wildman–Crippen LogP) is 2.29. The molecule has 0 fully saturated rings. The Bertz CT molecular complexity index is 1450. The maximum atomic E-state index is 12.8. The second-order valence-corrected chi connectivity index (χ2v) is 9.30. The Kier molecular flexibility index (Phi) is 6.20. The molecule has 3 amide bonds. The van der Waals surface area contributed by atoms with Crippen LogP contribution >= 0.6 is 0 Å². The number of carbonyl (C=O) groups is 3. The summed E-state index contributed by atoms with van der Waals surface area (Å²) in [5, 5.41) is 13.8. The lowest BCUT2D eigenvalue weighted by Gasteiger charge is -2.21. The SMILES string of the molecule is CC(C(=O)Nc1cccc(S(=O)(=O)NCc2ccco2)c1)N1C(=O)c2cccc([N+](=O)[O-])c2C1=O. The van der Waals surface area contributed by atoms with Crippen molar-refractivity contribution in [2.45, 2.75) is 24.4 Å². The molecule has 1 atom stereocenters. The van der Waals surface area contributed by atoms with Gasteiger partial charge in [0.2, 0.25) is 15.9 Å². The number of nitro benzene ring substituents is 1. The second kappa shape index (κ2) is 9.12. The largest absolute Gasteiger partial charge is 0.468 e. The van der Waals surface area contributed by atoms with Gasteiger partial charge in [-0.15, -0.1) is 0 Å². The van der Waals surface area contributed by atoms with Gasteiger partial charge in [-0.1, -0.05) is 12.1 Å². The van der Waals surface area contributed by atoms with Gasteiger partial charge >= 0.3 is 0 Å². The molecule has 35 heavy (non-hydrogen) atoms. The Hall–Kier alpha value is -4.36. The third-order valence-corrected chi connectivity index (χ3v) is 6.72. The Morgan fingerprint density at radius 1 is 1.11 bits per heavy atom. The van der Waals surface area contributed by atoms with E-state index in [1.165, 1.54) is 49.6 Å². The molecule has 0 aliphatic carbocycles. The topological polar surface area (TPSA) is 169 Å². The molecule has 3 aromatic rings. The summed E-state index contributed by atoms with van der Waals surface area (Å²) in [4.78, 5) is 49.4. The van der Waals surface area contributed by atoms with Crippen molar-refractivity contribution < 1.29 is 32.1 Å². The summed E-state index contributed by atoms with van der Waals surface area (Å²) < 4.78 is 32.6. The Morgan fingerprint density at radius 2 is 1.86 bits per heavy atom. The van der Waals surface area contributed by atoms with Crippen molar-refractivity contribution >= 4 is 39.1 Å². The van der Waals surface area contributed by atoms with Crippen LogP contribution in [0.1, 0.15) is 33.4 Å². The molecule has 0 spiro atoms. The zero-order valence-electron chi connectivity index (χ0n) is 18.1. The molecular weight excluding hydrogens is 480 g/mol. The lowest BCUT2D eigenvalue weighted by molar-refractivity contribution is -0.385. The van der Waals surface area contributed by atoms with Crippen molar-refractivity contribution in [3.05, 3.63) is 87.9 Å². The first-order chi connectivity index (χ1) is 16.6. The van der Waals surface area contributed by atoms with E-state index in [2.05, 4.69) is 10.0 Å². The van der Waals surface area contributed by atoms with Crippen LogP contribution in [0.5, 0.6) is 0 Å². The van der Waals surface area contributed by atoms with Crippen molar-refractivity contribution in [2.24, 2.45) is 0 Å². The van der Waals surface area contributed by atoms with Crippen molar-refractivity contribution in [1.29, 1.82) is 0 Å². The lowest BCUT2D eigenvalue weighted by atomic mass is 10.1. The highest BCUT2D eigenvalue weighted by Crippen LogP contribution is 2.32. The number of rotatable bonds is 8. The van der Waals surface area contributed by atoms with E-state index >= 15 is 0 Å². The first-order valence-electron chi connectivity index (χ1n) is 10.2. The average Bonchev–Trinajstić information content (AvgIpc) is 3.44. The van der Waals surface area contributed by atoms with E-state index in [1.807, 2.05) is 0 Å². The molecule has 1 aliphatic rings. The van der Waals surface area contributed by atoms with Gasteiger partial charge in [0.05, 0.1) is 28.2 Å². The number of benzene rings is 2. The van der Waals surface area contributed by atoms with Gasteiger partial charge in [-0.2, -0.15) is 0 Å². The van der Waals surface area contributed by atoms with E-state index in [9.17, 15) is 32.9 Å². The van der Waals surface area contributed by atoms with Crippen molar-refractivity contribution in [2.75, 3.05) is 5.32 Å². The number of anilines is 1. The van der Waals surface area contributed by atoms with Crippen molar-refractivity contribution in [3.8, 4) is 0 Å². The normalized spacial score (nSPS) is 14.0. The summed E-state index contributed by atoms with van der Waals surface area (Å²) >= 11 is 0. The molecule has 2 heterocycles. The van der Waals surface area contributed by atoms with E-state index in [4.69, 9.17) is 4.42 Å². The molecule has 13 heteroatoms. The van der Waals surface area contributed by atoms with Crippen LogP contribution in [0, 0.1) is 10.1 Å². The van der Waals surface area contributed by atoms with Crippen LogP contribution in [0.4, 0.5) is 11.4 Å². The molecule has 0 bridgehead atoms. The minimum Gasteiger partial charge on any atom is -0.468 e. The number of fused-ring (bicyclic) bond motifs is 1. The van der Waals surface area contributed by atoms with E-state index in [1.54, 1.807) is 12.1 Å². The maximum absolute atomic E-state index is 12.8. The molecule has 0 radical (unpaired) electrons. The van der Waals surface area contributed by atoms with Crippen LogP contribution in [0.3, 0.4) is 0 Å². The molecule has 4 rings (SSSR count). The monoisotopic (exact) mass is 498 g/mol. The third kappa shape index (κ3) is 4.54. The number of sulfonamides is 1. The fourth-order valence-electron chi connectivity index (χ4n) is 3.56. The number of hydrogen-bond donors (Lipinski definition) is 2. The van der Waals surface area contributed by atoms with Crippen molar-refractivity contribution in [1.82, 2.24) is 9.62 Å². The first kappa shape index (κ1) is 23.8. The van der Waals surface area contributed by atoms with Crippen LogP contribution in [0.15, 0.2) is 70.2 Å². The molecule has 2 N–H and O–H groups in total.